The second-order valence-corrected chi connectivity index (χ2v) is 8.07. The van der Waals surface area contributed by atoms with Crippen LogP contribution >= 0.6 is 11.3 Å². The second kappa shape index (κ2) is 9.03. The number of aromatic nitrogens is 2. The van der Waals surface area contributed by atoms with Crippen molar-refractivity contribution in [2.45, 2.75) is 13.0 Å². The van der Waals surface area contributed by atoms with Gasteiger partial charge in [-0.25, -0.2) is 14.8 Å². The average Bonchev–Trinajstić information content (AvgIpc) is 3.24. The SMILES string of the molecule is COC(=O)C(C)NC(=O)c1ccc(-c2cc3ncnc(Nc4cccc(O)c4)c3s2)cc1. The number of anilines is 2. The van der Waals surface area contributed by atoms with Gasteiger partial charge in [-0.15, -0.1) is 11.3 Å². The molecule has 0 aliphatic carbocycles. The van der Waals surface area contributed by atoms with E-state index in [4.69, 9.17) is 0 Å². The van der Waals surface area contributed by atoms with Crippen LogP contribution in [0.5, 0.6) is 5.75 Å². The number of carbonyl (C=O) groups excluding carboxylic acids is 2. The molecule has 162 valence electrons. The summed E-state index contributed by atoms with van der Waals surface area (Å²) in [5, 5.41) is 15.5. The van der Waals surface area contributed by atoms with Crippen LogP contribution < -0.4 is 10.6 Å². The smallest absolute Gasteiger partial charge is 0.328 e. The summed E-state index contributed by atoms with van der Waals surface area (Å²) < 4.78 is 5.50. The zero-order valence-corrected chi connectivity index (χ0v) is 18.1. The first-order valence-electron chi connectivity index (χ1n) is 9.74. The number of fused-ring (bicyclic) bond motifs is 1. The zero-order valence-electron chi connectivity index (χ0n) is 17.3. The van der Waals surface area contributed by atoms with E-state index in [1.807, 2.05) is 24.3 Å². The number of nitrogens with one attached hydrogen (secondary N) is 2. The Kier molecular flexibility index (Phi) is 6.00. The van der Waals surface area contributed by atoms with E-state index in [1.165, 1.54) is 24.8 Å². The predicted octanol–water partition coefficient (Wildman–Crippen LogP) is 4.10. The highest BCUT2D eigenvalue weighted by Crippen LogP contribution is 2.36. The molecule has 0 fully saturated rings. The van der Waals surface area contributed by atoms with Gasteiger partial charge >= 0.3 is 5.97 Å². The van der Waals surface area contributed by atoms with Gasteiger partial charge in [0.2, 0.25) is 0 Å². The molecule has 1 atom stereocenters. The molecule has 32 heavy (non-hydrogen) atoms. The number of rotatable bonds is 6. The topological polar surface area (TPSA) is 113 Å². The first-order chi connectivity index (χ1) is 15.4. The van der Waals surface area contributed by atoms with Gasteiger partial charge in [0.25, 0.3) is 5.91 Å². The maximum absolute atomic E-state index is 12.3. The van der Waals surface area contributed by atoms with Gasteiger partial charge in [0.05, 0.1) is 17.3 Å². The van der Waals surface area contributed by atoms with E-state index < -0.39 is 12.0 Å². The number of phenolic OH excluding ortho intramolecular Hbond substituents is 1. The molecule has 0 radical (unpaired) electrons. The average molecular weight is 449 g/mol. The largest absolute Gasteiger partial charge is 0.508 e. The summed E-state index contributed by atoms with van der Waals surface area (Å²) in [6, 6.07) is 15.1. The molecule has 9 heteroatoms. The Morgan fingerprint density at radius 3 is 2.59 bits per heavy atom. The van der Waals surface area contributed by atoms with E-state index in [9.17, 15) is 14.7 Å². The fourth-order valence-corrected chi connectivity index (χ4v) is 4.17. The normalized spacial score (nSPS) is 11.7. The molecular weight excluding hydrogens is 428 g/mol. The summed E-state index contributed by atoms with van der Waals surface area (Å²) in [6.45, 7) is 1.57. The molecular formula is C23H20N4O4S. The second-order valence-electron chi connectivity index (χ2n) is 7.02. The highest BCUT2D eigenvalue weighted by molar-refractivity contribution is 7.22. The monoisotopic (exact) mass is 448 g/mol. The first kappa shape index (κ1) is 21.3. The summed E-state index contributed by atoms with van der Waals surface area (Å²) in [5.41, 5.74) is 2.87. The van der Waals surface area contributed by atoms with Crippen LogP contribution in [0.2, 0.25) is 0 Å². The molecule has 2 aromatic heterocycles. The Morgan fingerprint density at radius 2 is 1.88 bits per heavy atom. The van der Waals surface area contributed by atoms with Crippen molar-refractivity contribution in [1.82, 2.24) is 15.3 Å². The van der Waals surface area contributed by atoms with Gasteiger partial charge in [-0.3, -0.25) is 4.79 Å². The lowest BCUT2D eigenvalue weighted by Gasteiger charge is -2.11. The number of nitrogens with zero attached hydrogens (tertiary/aromatic N) is 2. The van der Waals surface area contributed by atoms with Crippen LogP contribution in [0.4, 0.5) is 11.5 Å². The molecule has 4 rings (SSSR count). The molecule has 0 saturated carbocycles. The molecule has 0 bridgehead atoms. The summed E-state index contributed by atoms with van der Waals surface area (Å²) >= 11 is 1.52. The first-order valence-corrected chi connectivity index (χ1v) is 10.6. The molecule has 0 aliphatic rings. The minimum Gasteiger partial charge on any atom is -0.508 e. The fourth-order valence-electron chi connectivity index (χ4n) is 3.11. The summed E-state index contributed by atoms with van der Waals surface area (Å²) in [7, 11) is 1.28. The van der Waals surface area contributed by atoms with Crippen molar-refractivity contribution in [3.8, 4) is 16.2 Å². The molecule has 8 nitrogen and oxygen atoms in total. The van der Waals surface area contributed by atoms with Crippen LogP contribution in [0.15, 0.2) is 60.9 Å². The number of hydrogen-bond donors (Lipinski definition) is 3. The summed E-state index contributed by atoms with van der Waals surface area (Å²) in [6.07, 6.45) is 1.49. The van der Waals surface area contributed by atoms with E-state index in [0.717, 1.165) is 26.3 Å². The minimum absolute atomic E-state index is 0.164. The number of benzene rings is 2. The van der Waals surface area contributed by atoms with E-state index in [0.29, 0.717) is 11.4 Å². The Balaban J connectivity index is 1.56. The van der Waals surface area contributed by atoms with Crippen molar-refractivity contribution >= 4 is 44.9 Å². The van der Waals surface area contributed by atoms with Gasteiger partial charge in [-0.05, 0) is 42.8 Å². The molecule has 2 heterocycles. The number of amides is 1. The predicted molar refractivity (Wildman–Crippen MR) is 123 cm³/mol. The van der Waals surface area contributed by atoms with Crippen LogP contribution in [-0.4, -0.2) is 40.1 Å². The van der Waals surface area contributed by atoms with E-state index in [2.05, 4.69) is 25.3 Å². The Hall–Kier alpha value is -3.98. The zero-order chi connectivity index (χ0) is 22.7. The van der Waals surface area contributed by atoms with Crippen LogP contribution in [0.1, 0.15) is 17.3 Å². The lowest BCUT2D eigenvalue weighted by molar-refractivity contribution is -0.142. The van der Waals surface area contributed by atoms with E-state index in [-0.39, 0.29) is 11.7 Å². The van der Waals surface area contributed by atoms with E-state index >= 15 is 0 Å². The number of carbonyl (C=O) groups is 2. The number of esters is 1. The summed E-state index contributed by atoms with van der Waals surface area (Å²) in [5.74, 6) is -0.0485. The molecule has 1 unspecified atom stereocenters. The third-order valence-corrected chi connectivity index (χ3v) is 5.93. The number of thiophene rings is 1. The maximum atomic E-state index is 12.3. The number of hydrogen-bond acceptors (Lipinski definition) is 8. The minimum atomic E-state index is -0.731. The van der Waals surface area contributed by atoms with Gasteiger partial charge in [0.15, 0.2) is 5.82 Å². The van der Waals surface area contributed by atoms with Gasteiger partial charge in [-0.2, -0.15) is 0 Å². The van der Waals surface area contributed by atoms with Gasteiger partial charge in [-0.1, -0.05) is 18.2 Å². The molecule has 4 aromatic rings. The molecule has 2 aromatic carbocycles. The van der Waals surface area contributed by atoms with Crippen molar-refractivity contribution in [1.29, 1.82) is 0 Å². The number of methoxy groups -OCH3 is 1. The number of ether oxygens (including phenoxy) is 1. The van der Waals surface area contributed by atoms with Crippen molar-refractivity contribution in [2.75, 3.05) is 12.4 Å². The van der Waals surface area contributed by atoms with Crippen molar-refractivity contribution < 1.29 is 19.4 Å². The van der Waals surface area contributed by atoms with Crippen molar-refractivity contribution in [3.63, 3.8) is 0 Å². The highest BCUT2D eigenvalue weighted by atomic mass is 32.1. The molecule has 0 aliphatic heterocycles. The molecule has 0 saturated heterocycles. The lowest BCUT2D eigenvalue weighted by atomic mass is 10.1. The lowest BCUT2D eigenvalue weighted by Crippen LogP contribution is -2.39. The Morgan fingerprint density at radius 1 is 1.09 bits per heavy atom. The third kappa shape index (κ3) is 4.52. The van der Waals surface area contributed by atoms with Crippen LogP contribution in [0, 0.1) is 0 Å². The van der Waals surface area contributed by atoms with Gasteiger partial charge in [0, 0.05) is 22.2 Å². The van der Waals surface area contributed by atoms with Crippen molar-refractivity contribution in [3.05, 3.63) is 66.5 Å². The maximum Gasteiger partial charge on any atom is 0.328 e. The standard InChI is InChI=1S/C23H20N4O4S/c1-13(23(30)31-2)26-22(29)15-8-6-14(7-9-15)19-11-18-20(32-19)21(25-12-24-18)27-16-4-3-5-17(28)10-16/h3-13,28H,1-2H3,(H,26,29)(H,24,25,27). The molecule has 3 N–H and O–H groups in total. The summed E-state index contributed by atoms with van der Waals surface area (Å²) in [4.78, 5) is 33.5. The van der Waals surface area contributed by atoms with Crippen LogP contribution in [0.3, 0.4) is 0 Å². The third-order valence-electron chi connectivity index (χ3n) is 4.75. The van der Waals surface area contributed by atoms with Crippen LogP contribution in [-0.2, 0) is 9.53 Å². The van der Waals surface area contributed by atoms with E-state index in [1.54, 1.807) is 37.3 Å². The highest BCUT2D eigenvalue weighted by Gasteiger charge is 2.17. The molecule has 1 amide bonds. The number of aromatic hydroxyl groups is 1. The molecule has 0 spiro atoms. The van der Waals surface area contributed by atoms with Crippen molar-refractivity contribution in [2.24, 2.45) is 0 Å². The quantitative estimate of drug-likeness (QED) is 0.381. The fraction of sp³-hybridized carbons (Fsp3) is 0.130. The number of phenols is 1. The Labute approximate surface area is 187 Å². The van der Waals surface area contributed by atoms with Gasteiger partial charge in [0.1, 0.15) is 18.1 Å². The van der Waals surface area contributed by atoms with Crippen LogP contribution in [0.25, 0.3) is 20.7 Å². The van der Waals surface area contributed by atoms with Gasteiger partial charge < -0.3 is 20.5 Å². The Bertz CT molecular complexity index is 1290.